The zero-order chi connectivity index (χ0) is 22.5. The Kier molecular flexibility index (Phi) is 7.06. The Bertz CT molecular complexity index is 884. The van der Waals surface area contributed by atoms with Gasteiger partial charge < -0.3 is 14.6 Å². The van der Waals surface area contributed by atoms with Crippen LogP contribution in [-0.4, -0.2) is 65.0 Å². The van der Waals surface area contributed by atoms with Crippen LogP contribution in [0.3, 0.4) is 0 Å². The first-order valence-electron chi connectivity index (χ1n) is 9.42. The smallest absolute Gasteiger partial charge is 0.475 e. The molecule has 31 heavy (non-hydrogen) atoms. The first-order chi connectivity index (χ1) is 14.7. The number of aromatic nitrogens is 2. The second-order valence-corrected chi connectivity index (χ2v) is 7.49. The van der Waals surface area contributed by atoms with Crippen molar-refractivity contribution in [2.24, 2.45) is 11.3 Å². The lowest BCUT2D eigenvalue weighted by atomic mass is 9.82. The molecule has 2 fully saturated rings. The third-order valence-corrected chi connectivity index (χ3v) is 5.18. The van der Waals surface area contributed by atoms with E-state index in [2.05, 4.69) is 20.9 Å². The topological polar surface area (TPSA) is 84.8 Å². The van der Waals surface area contributed by atoms with E-state index in [1.807, 2.05) is 12.3 Å². The van der Waals surface area contributed by atoms with Crippen molar-refractivity contribution in [1.82, 2.24) is 14.9 Å². The summed E-state index contributed by atoms with van der Waals surface area (Å²) in [5.41, 5.74) is 1.11. The first kappa shape index (κ1) is 22.9. The minimum atomic E-state index is -5.08. The third kappa shape index (κ3) is 5.88. The zero-order valence-electron chi connectivity index (χ0n) is 16.4. The van der Waals surface area contributed by atoms with E-state index in [1.54, 1.807) is 18.5 Å². The number of carbonyl (C=O) groups is 1. The number of ether oxygens (including phenoxy) is 2. The highest BCUT2D eigenvalue weighted by atomic mass is 19.4. The zero-order valence-corrected chi connectivity index (χ0v) is 16.4. The molecule has 0 aliphatic carbocycles. The molecular formula is C20H21F4N3O4. The number of pyridine rings is 2. The number of hydrogen-bond acceptors (Lipinski definition) is 6. The number of carboxylic acids is 1. The number of alkyl halides is 3. The maximum absolute atomic E-state index is 13.7. The molecule has 2 aromatic rings. The van der Waals surface area contributed by atoms with Crippen molar-refractivity contribution >= 4 is 5.97 Å². The van der Waals surface area contributed by atoms with Crippen molar-refractivity contribution in [2.75, 3.05) is 32.9 Å². The molecule has 2 aliphatic heterocycles. The Labute approximate surface area is 175 Å². The van der Waals surface area contributed by atoms with Gasteiger partial charge in [0.1, 0.15) is 0 Å². The second-order valence-electron chi connectivity index (χ2n) is 7.49. The Morgan fingerprint density at radius 3 is 2.71 bits per heavy atom. The minimum absolute atomic E-state index is 0.0724. The van der Waals surface area contributed by atoms with E-state index in [0.717, 1.165) is 26.2 Å². The van der Waals surface area contributed by atoms with Gasteiger partial charge in [0.05, 0.1) is 19.8 Å². The summed E-state index contributed by atoms with van der Waals surface area (Å²) in [6, 6.07) is 6.97. The van der Waals surface area contributed by atoms with Crippen molar-refractivity contribution in [1.29, 1.82) is 0 Å². The number of halogens is 4. The molecule has 7 nitrogen and oxygen atoms in total. The number of fused-ring (bicyclic) bond motifs is 1. The fourth-order valence-electron chi connectivity index (χ4n) is 3.71. The molecule has 0 radical (unpaired) electrons. The molecule has 1 N–H and O–H groups in total. The highest BCUT2D eigenvalue weighted by Crippen LogP contribution is 2.42. The summed E-state index contributed by atoms with van der Waals surface area (Å²) in [4.78, 5) is 19.5. The van der Waals surface area contributed by atoms with Crippen LogP contribution in [0.5, 0.6) is 5.88 Å². The van der Waals surface area contributed by atoms with Gasteiger partial charge in [0.2, 0.25) is 5.88 Å². The summed E-state index contributed by atoms with van der Waals surface area (Å²) in [6.45, 7) is 4.51. The number of likely N-dealkylation sites (tertiary alicyclic amines) is 1. The minimum Gasteiger partial charge on any atom is -0.475 e. The van der Waals surface area contributed by atoms with E-state index in [0.29, 0.717) is 19.1 Å². The highest BCUT2D eigenvalue weighted by molar-refractivity contribution is 5.73. The monoisotopic (exact) mass is 443 g/mol. The van der Waals surface area contributed by atoms with Crippen LogP contribution in [0, 0.1) is 17.2 Å². The molecule has 2 aromatic heterocycles. The summed E-state index contributed by atoms with van der Waals surface area (Å²) >= 11 is 0. The lowest BCUT2D eigenvalue weighted by Crippen LogP contribution is -2.37. The molecule has 168 valence electrons. The molecule has 0 bridgehead atoms. The fourth-order valence-corrected chi connectivity index (χ4v) is 3.71. The number of aliphatic carboxylic acids is 1. The van der Waals surface area contributed by atoms with Crippen molar-refractivity contribution < 1.29 is 36.9 Å². The Hall–Kier alpha value is -2.79. The van der Waals surface area contributed by atoms with Crippen LogP contribution in [0.1, 0.15) is 5.56 Å². The average Bonchev–Trinajstić information content (AvgIpc) is 3.25. The van der Waals surface area contributed by atoms with Crippen LogP contribution in [0.15, 0.2) is 42.9 Å². The van der Waals surface area contributed by atoms with Crippen molar-refractivity contribution in [2.45, 2.75) is 12.7 Å². The first-order valence-corrected chi connectivity index (χ1v) is 9.42. The quantitative estimate of drug-likeness (QED) is 0.712. The standard InChI is InChI=1S/C18H20FN3O2.C2HF3O2/c19-16-4-2-6-21-17(16)24-13-18-11-22(9-15(18)10-23-12-18)8-14-3-1-5-20-7-14;3-2(4,5)1(6)7/h1-7,15H,8-13H2;(H,6,7)/t15-,18+;/m1./s1. The molecule has 2 aliphatic rings. The van der Waals surface area contributed by atoms with Crippen molar-refractivity contribution in [3.63, 3.8) is 0 Å². The largest absolute Gasteiger partial charge is 0.490 e. The molecule has 0 spiro atoms. The Balaban J connectivity index is 0.000000339. The highest BCUT2D eigenvalue weighted by Gasteiger charge is 2.51. The molecule has 11 heteroatoms. The van der Waals surface area contributed by atoms with E-state index in [-0.39, 0.29) is 11.3 Å². The van der Waals surface area contributed by atoms with Gasteiger partial charge in [-0.2, -0.15) is 13.2 Å². The van der Waals surface area contributed by atoms with Crippen LogP contribution >= 0.6 is 0 Å². The van der Waals surface area contributed by atoms with Crippen LogP contribution in [0.25, 0.3) is 0 Å². The maximum atomic E-state index is 13.7. The van der Waals surface area contributed by atoms with E-state index in [9.17, 15) is 17.6 Å². The van der Waals surface area contributed by atoms with Crippen molar-refractivity contribution in [3.8, 4) is 5.88 Å². The molecule has 0 aromatic carbocycles. The molecule has 2 saturated heterocycles. The molecule has 4 heterocycles. The summed E-state index contributed by atoms with van der Waals surface area (Å²) < 4.78 is 56.9. The van der Waals surface area contributed by atoms with Gasteiger partial charge in [-0.1, -0.05) is 6.07 Å². The normalized spacial score (nSPS) is 23.0. The lowest BCUT2D eigenvalue weighted by molar-refractivity contribution is -0.192. The van der Waals surface area contributed by atoms with E-state index in [1.165, 1.54) is 11.6 Å². The summed E-state index contributed by atoms with van der Waals surface area (Å²) in [6.07, 6.45) is 0.145. The molecule has 0 saturated carbocycles. The van der Waals surface area contributed by atoms with Crippen molar-refractivity contribution in [3.05, 3.63) is 54.2 Å². The number of carboxylic acid groups (broad SMARTS) is 1. The molecular weight excluding hydrogens is 422 g/mol. The summed E-state index contributed by atoms with van der Waals surface area (Å²) in [5, 5.41) is 7.12. The van der Waals surface area contributed by atoms with E-state index < -0.39 is 18.0 Å². The maximum Gasteiger partial charge on any atom is 0.490 e. The summed E-state index contributed by atoms with van der Waals surface area (Å²) in [7, 11) is 0. The number of hydrogen-bond donors (Lipinski definition) is 1. The van der Waals surface area contributed by atoms with E-state index in [4.69, 9.17) is 19.4 Å². The van der Waals surface area contributed by atoms with E-state index >= 15 is 0 Å². The Morgan fingerprint density at radius 2 is 2.06 bits per heavy atom. The van der Waals surface area contributed by atoms with Gasteiger partial charge in [0.15, 0.2) is 5.82 Å². The van der Waals surface area contributed by atoms with Crippen LogP contribution in [-0.2, 0) is 16.1 Å². The van der Waals surface area contributed by atoms with Crippen LogP contribution in [0.4, 0.5) is 17.6 Å². The van der Waals surface area contributed by atoms with Gasteiger partial charge in [-0.05, 0) is 23.8 Å². The predicted octanol–water partition coefficient (Wildman–Crippen LogP) is 2.78. The SMILES string of the molecule is Fc1cccnc1OC[C@]12COC[C@H]1CN(Cc1cccnc1)C2.O=C(O)C(F)(F)F. The van der Waals surface area contributed by atoms with Crippen LogP contribution < -0.4 is 4.74 Å². The lowest BCUT2D eigenvalue weighted by Gasteiger charge is -2.27. The molecule has 2 atom stereocenters. The number of nitrogens with zero attached hydrogens (tertiary/aromatic N) is 3. The second kappa shape index (κ2) is 9.56. The third-order valence-electron chi connectivity index (χ3n) is 5.18. The van der Waals surface area contributed by atoms with Gasteiger partial charge in [-0.3, -0.25) is 9.88 Å². The average molecular weight is 443 g/mol. The van der Waals surface area contributed by atoms with Gasteiger partial charge in [0, 0.05) is 49.6 Å². The van der Waals surface area contributed by atoms with Gasteiger partial charge >= 0.3 is 12.1 Å². The fraction of sp³-hybridized carbons (Fsp3) is 0.450. The Morgan fingerprint density at radius 1 is 1.32 bits per heavy atom. The van der Waals surface area contributed by atoms with Gasteiger partial charge in [0.25, 0.3) is 0 Å². The molecule has 4 rings (SSSR count). The molecule has 0 unspecified atom stereocenters. The predicted molar refractivity (Wildman–Crippen MR) is 99.6 cm³/mol. The van der Waals surface area contributed by atoms with Crippen LogP contribution in [0.2, 0.25) is 0 Å². The van der Waals surface area contributed by atoms with Gasteiger partial charge in [-0.25, -0.2) is 14.2 Å². The van der Waals surface area contributed by atoms with Gasteiger partial charge in [-0.15, -0.1) is 0 Å². The summed E-state index contributed by atoms with van der Waals surface area (Å²) in [5.74, 6) is -2.70. The number of rotatable bonds is 5. The molecule has 0 amide bonds.